The first kappa shape index (κ1) is 19.2. The number of carbonyl (C=O) groups is 1. The van der Waals surface area contributed by atoms with Crippen molar-refractivity contribution in [2.24, 2.45) is 5.92 Å². The second-order valence-corrected chi connectivity index (χ2v) is 7.32. The Morgan fingerprint density at radius 1 is 1.36 bits per heavy atom. The molecule has 0 aliphatic heterocycles. The van der Waals surface area contributed by atoms with E-state index in [2.05, 4.69) is 4.18 Å². The topological polar surface area (TPSA) is 80.7 Å². The van der Waals surface area contributed by atoms with Crippen molar-refractivity contribution in [3.8, 4) is 0 Å². The Hall–Kier alpha value is -2.10. The lowest BCUT2D eigenvalue weighted by Crippen LogP contribution is -2.38. The van der Waals surface area contributed by atoms with Gasteiger partial charge in [0.25, 0.3) is 0 Å². The highest BCUT2D eigenvalue weighted by Crippen LogP contribution is 2.47. The Morgan fingerprint density at radius 3 is 2.48 bits per heavy atom. The van der Waals surface area contributed by atoms with Crippen LogP contribution in [0.2, 0.25) is 0 Å². The van der Waals surface area contributed by atoms with E-state index in [4.69, 9.17) is 0 Å². The zero-order valence-corrected chi connectivity index (χ0v) is 13.9. The maximum atomic E-state index is 13.8. The van der Waals surface area contributed by atoms with Crippen LogP contribution >= 0.6 is 0 Å². The highest BCUT2D eigenvalue weighted by atomic mass is 32.2. The second kappa shape index (κ2) is 6.01. The van der Waals surface area contributed by atoms with Gasteiger partial charge in [0, 0.05) is 6.42 Å². The van der Waals surface area contributed by atoms with Crippen LogP contribution in [0.3, 0.4) is 0 Å². The molecule has 0 aromatic heterocycles. The summed E-state index contributed by atoms with van der Waals surface area (Å²) in [5.41, 5.74) is -7.51. The molecule has 0 spiro atoms. The molecule has 1 aliphatic carbocycles. The van der Waals surface area contributed by atoms with Crippen LogP contribution in [0, 0.1) is 18.7 Å². The summed E-state index contributed by atoms with van der Waals surface area (Å²) in [6.07, 6.45) is 0.447. The number of hydrogen-bond donors (Lipinski definition) is 1. The first-order chi connectivity index (χ1) is 11.3. The number of allylic oxidation sites excluding steroid dienone is 1. The lowest BCUT2D eigenvalue weighted by Gasteiger charge is -2.29. The van der Waals surface area contributed by atoms with E-state index < -0.39 is 44.5 Å². The molecule has 25 heavy (non-hydrogen) atoms. The van der Waals surface area contributed by atoms with Gasteiger partial charge in [-0.1, -0.05) is 19.1 Å². The summed E-state index contributed by atoms with van der Waals surface area (Å²) in [5.74, 6) is -3.63. The molecule has 1 aromatic rings. The van der Waals surface area contributed by atoms with Crippen LogP contribution in [0.4, 0.5) is 17.6 Å². The number of alkyl halides is 3. The Labute approximate surface area is 141 Å². The highest BCUT2D eigenvalue weighted by Gasteiger charge is 2.53. The molecule has 1 aromatic carbocycles. The number of carboxylic acids is 1. The van der Waals surface area contributed by atoms with E-state index in [9.17, 15) is 35.9 Å². The number of aliphatic carboxylic acids is 1. The maximum absolute atomic E-state index is 13.8. The molecule has 1 N–H and O–H groups in total. The number of halogens is 4. The largest absolute Gasteiger partial charge is 0.534 e. The van der Waals surface area contributed by atoms with Gasteiger partial charge >= 0.3 is 21.6 Å². The van der Waals surface area contributed by atoms with Crippen molar-refractivity contribution in [3.05, 3.63) is 47.0 Å². The fourth-order valence-electron chi connectivity index (χ4n) is 2.95. The van der Waals surface area contributed by atoms with E-state index >= 15 is 0 Å². The standard InChI is InChI=1S/C15H14F4O5S/c1-8-6-10(24-25(22,23)15(17,18)19)7-14(8,13(20)21)11-4-3-5-12(16)9(11)2/h3-5,7-8H,6H2,1-2H3,(H,20,21). The molecule has 0 amide bonds. The van der Waals surface area contributed by atoms with Crippen LogP contribution in [0.25, 0.3) is 0 Å². The first-order valence-electron chi connectivity index (χ1n) is 7.04. The van der Waals surface area contributed by atoms with Crippen molar-refractivity contribution < 1.29 is 40.1 Å². The lowest BCUT2D eigenvalue weighted by atomic mass is 9.72. The first-order valence-corrected chi connectivity index (χ1v) is 8.45. The minimum atomic E-state index is -5.92. The van der Waals surface area contributed by atoms with Crippen molar-refractivity contribution in [1.82, 2.24) is 0 Å². The average Bonchev–Trinajstić information content (AvgIpc) is 2.77. The summed E-state index contributed by atoms with van der Waals surface area (Å²) < 4.78 is 77.6. The van der Waals surface area contributed by atoms with E-state index in [1.807, 2.05) is 0 Å². The van der Waals surface area contributed by atoms with E-state index in [1.165, 1.54) is 26.0 Å². The van der Waals surface area contributed by atoms with E-state index in [0.29, 0.717) is 0 Å². The van der Waals surface area contributed by atoms with Gasteiger partial charge in [0.2, 0.25) is 0 Å². The fraction of sp³-hybridized carbons (Fsp3) is 0.400. The predicted molar refractivity (Wildman–Crippen MR) is 78.4 cm³/mol. The van der Waals surface area contributed by atoms with E-state index in [0.717, 1.165) is 12.1 Å². The SMILES string of the molecule is Cc1c(F)cccc1C1(C(=O)O)C=C(OS(=O)(=O)C(F)(F)F)CC1C. The quantitative estimate of drug-likeness (QED) is 0.491. The molecular formula is C15H14F4O5S. The Kier molecular flexibility index (Phi) is 4.62. The summed E-state index contributed by atoms with van der Waals surface area (Å²) >= 11 is 0. The summed E-state index contributed by atoms with van der Waals surface area (Å²) in [7, 11) is -5.92. The molecular weight excluding hydrogens is 368 g/mol. The van der Waals surface area contributed by atoms with Gasteiger partial charge in [-0.3, -0.25) is 4.79 Å². The Bertz CT molecular complexity index is 844. The highest BCUT2D eigenvalue weighted by molar-refractivity contribution is 7.87. The fourth-order valence-corrected chi connectivity index (χ4v) is 3.44. The summed E-state index contributed by atoms with van der Waals surface area (Å²) in [4.78, 5) is 11.9. The van der Waals surface area contributed by atoms with E-state index in [1.54, 1.807) is 0 Å². The molecule has 2 atom stereocenters. The van der Waals surface area contributed by atoms with Crippen LogP contribution in [-0.4, -0.2) is 25.0 Å². The molecule has 2 rings (SSSR count). The van der Waals surface area contributed by atoms with Gasteiger partial charge in [-0.25, -0.2) is 4.39 Å². The van der Waals surface area contributed by atoms with Crippen molar-refractivity contribution in [2.75, 3.05) is 0 Å². The van der Waals surface area contributed by atoms with Crippen LogP contribution in [0.5, 0.6) is 0 Å². The van der Waals surface area contributed by atoms with Gasteiger partial charge in [0.05, 0.1) is 0 Å². The zero-order chi connectivity index (χ0) is 19.2. The third-order valence-corrected chi connectivity index (χ3v) is 5.24. The summed E-state index contributed by atoms with van der Waals surface area (Å²) in [5, 5.41) is 9.68. The predicted octanol–water partition coefficient (Wildman–Crippen LogP) is 3.25. The molecule has 0 radical (unpaired) electrons. The molecule has 0 bridgehead atoms. The molecule has 0 fully saturated rings. The molecule has 1 aliphatic rings. The summed E-state index contributed by atoms with van der Waals surface area (Å²) in [6.45, 7) is 2.74. The van der Waals surface area contributed by atoms with Gasteiger partial charge in [0.1, 0.15) is 17.0 Å². The molecule has 0 saturated carbocycles. The lowest BCUT2D eigenvalue weighted by molar-refractivity contribution is -0.143. The van der Waals surface area contributed by atoms with Gasteiger partial charge in [-0.2, -0.15) is 21.6 Å². The monoisotopic (exact) mass is 382 g/mol. The molecule has 138 valence electrons. The van der Waals surface area contributed by atoms with Crippen LogP contribution in [-0.2, 0) is 24.5 Å². The molecule has 5 nitrogen and oxygen atoms in total. The van der Waals surface area contributed by atoms with Crippen LogP contribution in [0.15, 0.2) is 30.0 Å². The van der Waals surface area contributed by atoms with Crippen molar-refractivity contribution in [2.45, 2.75) is 31.2 Å². The minimum Gasteiger partial charge on any atom is -0.480 e. The normalized spacial score (nSPS) is 24.1. The Morgan fingerprint density at radius 2 is 1.96 bits per heavy atom. The van der Waals surface area contributed by atoms with E-state index in [-0.39, 0.29) is 17.5 Å². The third-order valence-electron chi connectivity index (χ3n) is 4.24. The number of rotatable bonds is 4. The van der Waals surface area contributed by atoms with Gasteiger partial charge in [0.15, 0.2) is 0 Å². The molecule has 2 unspecified atom stereocenters. The third kappa shape index (κ3) is 3.10. The number of benzene rings is 1. The van der Waals surface area contributed by atoms with Gasteiger partial charge < -0.3 is 9.29 Å². The molecule has 0 heterocycles. The average molecular weight is 382 g/mol. The van der Waals surface area contributed by atoms with Crippen molar-refractivity contribution in [3.63, 3.8) is 0 Å². The minimum absolute atomic E-state index is 0.00734. The van der Waals surface area contributed by atoms with Gasteiger partial charge in [-0.15, -0.1) is 0 Å². The van der Waals surface area contributed by atoms with Crippen LogP contribution < -0.4 is 0 Å². The zero-order valence-electron chi connectivity index (χ0n) is 13.1. The van der Waals surface area contributed by atoms with Crippen LogP contribution in [0.1, 0.15) is 24.5 Å². The van der Waals surface area contributed by atoms with Crippen molar-refractivity contribution >= 4 is 16.1 Å². The maximum Gasteiger partial charge on any atom is 0.534 e. The second-order valence-electron chi connectivity index (χ2n) is 5.79. The number of carboxylic acid groups (broad SMARTS) is 1. The van der Waals surface area contributed by atoms with Gasteiger partial charge in [-0.05, 0) is 36.1 Å². The number of hydrogen-bond acceptors (Lipinski definition) is 4. The molecule has 10 heteroatoms. The molecule has 0 saturated heterocycles. The Balaban J connectivity index is 2.58. The summed E-state index contributed by atoms with van der Waals surface area (Å²) in [6, 6.07) is 3.72. The smallest absolute Gasteiger partial charge is 0.480 e. The van der Waals surface area contributed by atoms with Crippen molar-refractivity contribution in [1.29, 1.82) is 0 Å².